The maximum atomic E-state index is 15.1. The molecule has 0 aromatic heterocycles. The van der Waals surface area contributed by atoms with E-state index in [1.54, 1.807) is 0 Å². The minimum atomic E-state index is -9.27. The lowest BCUT2D eigenvalue weighted by Gasteiger charge is -2.43. The van der Waals surface area contributed by atoms with E-state index in [-0.39, 0.29) is 37.5 Å². The number of hydrogen-bond donors (Lipinski definition) is 0. The summed E-state index contributed by atoms with van der Waals surface area (Å²) in [5, 5.41) is 0. The molecule has 0 atom stereocenters. The van der Waals surface area contributed by atoms with Crippen LogP contribution in [-0.4, -0.2) is 47.6 Å². The summed E-state index contributed by atoms with van der Waals surface area (Å²) in [6, 6.07) is 0. The molecule has 0 saturated heterocycles. The Morgan fingerprint density at radius 1 is 0.426 bits per heavy atom. The molecule has 2 saturated carbocycles. The molecule has 0 nitrogen and oxygen atoms in total. The SMILES string of the molecule is CCCC[C@H]1CC[C@H]([C@H]2CC[C@H](c3c(F)c(F)c(C(F)(F)C(F)(F)C(F)(F)C(F)(F)C(F)(F)C(F)(F)C(F)(F)C(F)(F)C(F)(F)F)c(F)c3F)CC2)CC1. The van der Waals surface area contributed by atoms with Crippen LogP contribution in [-0.2, 0) is 5.92 Å². The zero-order valence-electron chi connectivity index (χ0n) is 27.3. The molecule has 3 rings (SSSR count). The van der Waals surface area contributed by atoms with Gasteiger partial charge in [0.1, 0.15) is 5.56 Å². The first-order valence-electron chi connectivity index (χ1n) is 16.1. The van der Waals surface area contributed by atoms with Gasteiger partial charge < -0.3 is 0 Å². The number of halogens is 23. The van der Waals surface area contributed by atoms with Crippen LogP contribution >= 0.6 is 0 Å². The van der Waals surface area contributed by atoms with Gasteiger partial charge in [-0.25, -0.2) is 17.6 Å². The summed E-state index contributed by atoms with van der Waals surface area (Å²) in [7, 11) is 0. The summed E-state index contributed by atoms with van der Waals surface area (Å²) in [4.78, 5) is 0. The number of alkyl halides is 19. The summed E-state index contributed by atoms with van der Waals surface area (Å²) >= 11 is 0. The largest absolute Gasteiger partial charge is 0.460 e. The van der Waals surface area contributed by atoms with Crippen molar-refractivity contribution in [2.75, 3.05) is 0 Å². The van der Waals surface area contributed by atoms with Crippen LogP contribution in [0.3, 0.4) is 0 Å². The van der Waals surface area contributed by atoms with Crippen molar-refractivity contribution < 1.29 is 101 Å². The van der Waals surface area contributed by atoms with E-state index in [1.165, 1.54) is 0 Å². The smallest absolute Gasteiger partial charge is 0.203 e. The molecule has 0 radical (unpaired) electrons. The van der Waals surface area contributed by atoms with Crippen molar-refractivity contribution in [1.29, 1.82) is 0 Å². The Morgan fingerprint density at radius 2 is 0.759 bits per heavy atom. The van der Waals surface area contributed by atoms with Gasteiger partial charge in [0.2, 0.25) is 0 Å². The Balaban J connectivity index is 1.99. The molecule has 54 heavy (non-hydrogen) atoms. The predicted molar refractivity (Wildman–Crippen MR) is 141 cm³/mol. The van der Waals surface area contributed by atoms with Crippen molar-refractivity contribution in [3.05, 3.63) is 34.4 Å². The second kappa shape index (κ2) is 14.5. The highest BCUT2D eigenvalue weighted by molar-refractivity contribution is 5.37. The van der Waals surface area contributed by atoms with Crippen LogP contribution in [0.2, 0.25) is 0 Å². The molecular formula is C31H29F23. The van der Waals surface area contributed by atoms with E-state index < -0.39 is 93.9 Å². The van der Waals surface area contributed by atoms with Crippen molar-refractivity contribution in [3.63, 3.8) is 0 Å². The molecule has 1 aromatic carbocycles. The number of hydrogen-bond acceptors (Lipinski definition) is 0. The predicted octanol–water partition coefficient (Wildman–Crippen LogP) is 13.6. The average molecular weight is 839 g/mol. The zero-order valence-corrected chi connectivity index (χ0v) is 27.3. The molecular weight excluding hydrogens is 809 g/mol. The number of rotatable bonds is 13. The molecule has 0 unspecified atom stereocenters. The van der Waals surface area contributed by atoms with Gasteiger partial charge in [-0.15, -0.1) is 0 Å². The van der Waals surface area contributed by atoms with Crippen LogP contribution in [0.15, 0.2) is 0 Å². The molecule has 23 heteroatoms. The fraction of sp³-hybridized carbons (Fsp3) is 0.806. The third kappa shape index (κ3) is 6.77. The summed E-state index contributed by atoms with van der Waals surface area (Å²) in [6.07, 6.45) is -2.17. The van der Waals surface area contributed by atoms with E-state index in [1.807, 2.05) is 6.92 Å². The van der Waals surface area contributed by atoms with Gasteiger partial charge in [0.05, 0.1) is 0 Å². The average Bonchev–Trinajstić information content (AvgIpc) is 3.06. The number of benzene rings is 1. The first kappa shape index (κ1) is 46.0. The number of unbranched alkanes of at least 4 members (excludes halogenated alkanes) is 1. The molecule has 2 fully saturated rings. The van der Waals surface area contributed by atoms with Crippen molar-refractivity contribution in [2.45, 2.75) is 137 Å². The molecule has 0 N–H and O–H groups in total. The van der Waals surface area contributed by atoms with Crippen molar-refractivity contribution >= 4 is 0 Å². The second-order valence-corrected chi connectivity index (χ2v) is 13.7. The van der Waals surface area contributed by atoms with Gasteiger partial charge in [0.25, 0.3) is 0 Å². The fourth-order valence-corrected chi connectivity index (χ4v) is 7.12. The van der Waals surface area contributed by atoms with E-state index in [0.29, 0.717) is 5.92 Å². The minimum absolute atomic E-state index is 0.0921. The van der Waals surface area contributed by atoms with Crippen LogP contribution in [0.1, 0.15) is 94.6 Å². The Labute approximate surface area is 290 Å². The maximum absolute atomic E-state index is 15.1. The zero-order chi connectivity index (χ0) is 42.1. The van der Waals surface area contributed by atoms with E-state index in [9.17, 15) is 92.2 Å². The van der Waals surface area contributed by atoms with Crippen LogP contribution in [0.25, 0.3) is 0 Å². The van der Waals surface area contributed by atoms with Crippen LogP contribution in [0.4, 0.5) is 101 Å². The molecule has 2 aliphatic carbocycles. The Kier molecular flexibility index (Phi) is 12.4. The highest BCUT2D eigenvalue weighted by atomic mass is 19.4. The minimum Gasteiger partial charge on any atom is -0.203 e. The molecule has 0 bridgehead atoms. The van der Waals surface area contributed by atoms with Crippen molar-refractivity contribution in [2.24, 2.45) is 17.8 Å². The van der Waals surface area contributed by atoms with Gasteiger partial charge in [0, 0.05) is 5.56 Å². The first-order valence-corrected chi connectivity index (χ1v) is 16.1. The maximum Gasteiger partial charge on any atom is 0.460 e. The monoisotopic (exact) mass is 838 g/mol. The Morgan fingerprint density at radius 3 is 1.11 bits per heavy atom. The second-order valence-electron chi connectivity index (χ2n) is 13.7. The van der Waals surface area contributed by atoms with Gasteiger partial charge in [0.15, 0.2) is 23.3 Å². The standard InChI is InChI=1S/C31H29F23/c1-2-3-4-13-5-7-14(8-6-13)15-9-11-16(12-10-15)17-19(32)21(34)18(22(35)20(17)33)23(36,37)24(38,39)25(40,41)26(42,43)27(44,45)28(46,47)29(48,49)30(50,51)31(52,53)54/h13-16H,2-12H2,1H3/t13-,14-,15-,16-. The van der Waals surface area contributed by atoms with Crippen molar-refractivity contribution in [3.8, 4) is 0 Å². The van der Waals surface area contributed by atoms with Crippen LogP contribution in [0.5, 0.6) is 0 Å². The Bertz CT molecular complexity index is 1450. The lowest BCUT2D eigenvalue weighted by molar-refractivity contribution is -0.469. The molecule has 0 aliphatic heterocycles. The van der Waals surface area contributed by atoms with Gasteiger partial charge in [-0.05, 0) is 62.2 Å². The topological polar surface area (TPSA) is 0 Å². The van der Waals surface area contributed by atoms with E-state index in [4.69, 9.17) is 0 Å². The molecule has 0 spiro atoms. The lowest BCUT2D eigenvalue weighted by atomic mass is 9.67. The van der Waals surface area contributed by atoms with Gasteiger partial charge in [-0.3, -0.25) is 0 Å². The van der Waals surface area contributed by atoms with Gasteiger partial charge in [-0.2, -0.15) is 83.4 Å². The van der Waals surface area contributed by atoms with Gasteiger partial charge in [-0.1, -0.05) is 39.0 Å². The van der Waals surface area contributed by atoms with Crippen LogP contribution in [0, 0.1) is 41.0 Å². The summed E-state index contributed by atoms with van der Waals surface area (Å²) in [5.41, 5.74) is -5.95. The summed E-state index contributed by atoms with van der Waals surface area (Å²) in [6.45, 7) is 2.01. The quantitative estimate of drug-likeness (QED) is 0.137. The normalized spacial score (nSPS) is 23.6. The van der Waals surface area contributed by atoms with Crippen LogP contribution < -0.4 is 0 Å². The highest BCUT2D eigenvalue weighted by Gasteiger charge is 2.97. The van der Waals surface area contributed by atoms with E-state index in [2.05, 4.69) is 0 Å². The first-order chi connectivity index (χ1) is 24.1. The lowest BCUT2D eigenvalue weighted by Crippen LogP contribution is -2.75. The molecule has 2 aliphatic rings. The van der Waals surface area contributed by atoms with E-state index in [0.717, 1.165) is 44.9 Å². The van der Waals surface area contributed by atoms with Gasteiger partial charge >= 0.3 is 53.6 Å². The summed E-state index contributed by atoms with van der Waals surface area (Å²) < 4.78 is 321. The van der Waals surface area contributed by atoms with Crippen molar-refractivity contribution in [1.82, 2.24) is 0 Å². The molecule has 0 heterocycles. The highest BCUT2D eigenvalue weighted by Crippen LogP contribution is 2.66. The van der Waals surface area contributed by atoms with E-state index >= 15 is 8.78 Å². The molecule has 314 valence electrons. The fourth-order valence-electron chi connectivity index (χ4n) is 7.12. The third-order valence-corrected chi connectivity index (χ3v) is 10.4. The molecule has 0 amide bonds. The summed E-state index contributed by atoms with van der Waals surface area (Å²) in [5.74, 6) is -85.3. The Hall–Kier alpha value is -2.39. The molecule has 1 aromatic rings. The third-order valence-electron chi connectivity index (χ3n) is 10.4.